The van der Waals surface area contributed by atoms with Gasteiger partial charge in [0, 0.05) is 6.54 Å². The standard InChI is InChI=1S/C12H17NO3/c1-9-3-5-11(6-4-9)16-8-12(15)13-7-10(2)14/h3-6,10,14H,7-8H2,1-2H3,(H,13,15)/t10-/m0/s1. The van der Waals surface area contributed by atoms with E-state index in [0.717, 1.165) is 5.56 Å². The number of carbonyl (C=O) groups excluding carboxylic acids is 1. The van der Waals surface area contributed by atoms with Crippen LogP contribution in [0.2, 0.25) is 0 Å². The van der Waals surface area contributed by atoms with Gasteiger partial charge in [-0.05, 0) is 26.0 Å². The molecule has 0 radical (unpaired) electrons. The fourth-order valence-electron chi connectivity index (χ4n) is 1.10. The molecule has 1 aromatic carbocycles. The topological polar surface area (TPSA) is 58.6 Å². The maximum absolute atomic E-state index is 11.2. The van der Waals surface area contributed by atoms with Gasteiger partial charge >= 0.3 is 0 Å². The molecule has 0 fully saturated rings. The number of aryl methyl sites for hydroxylation is 1. The fourth-order valence-corrected chi connectivity index (χ4v) is 1.10. The van der Waals surface area contributed by atoms with Crippen LogP contribution in [0, 0.1) is 6.92 Å². The fraction of sp³-hybridized carbons (Fsp3) is 0.417. The normalized spacial score (nSPS) is 11.9. The summed E-state index contributed by atoms with van der Waals surface area (Å²) in [4.78, 5) is 11.2. The largest absolute Gasteiger partial charge is 0.484 e. The summed E-state index contributed by atoms with van der Waals surface area (Å²) in [6.45, 7) is 3.81. The van der Waals surface area contributed by atoms with E-state index in [9.17, 15) is 4.79 Å². The number of amides is 1. The van der Waals surface area contributed by atoms with Crippen LogP contribution in [-0.4, -0.2) is 30.3 Å². The lowest BCUT2D eigenvalue weighted by Crippen LogP contribution is -2.34. The number of hydrogen-bond donors (Lipinski definition) is 2. The van der Waals surface area contributed by atoms with Gasteiger partial charge in [0.15, 0.2) is 6.61 Å². The molecule has 16 heavy (non-hydrogen) atoms. The van der Waals surface area contributed by atoms with Crippen molar-refractivity contribution in [1.29, 1.82) is 0 Å². The quantitative estimate of drug-likeness (QED) is 0.778. The van der Waals surface area contributed by atoms with Crippen molar-refractivity contribution in [3.05, 3.63) is 29.8 Å². The lowest BCUT2D eigenvalue weighted by Gasteiger charge is -2.08. The number of aliphatic hydroxyl groups is 1. The Hall–Kier alpha value is -1.55. The second-order valence-electron chi connectivity index (χ2n) is 3.75. The zero-order chi connectivity index (χ0) is 12.0. The molecular weight excluding hydrogens is 206 g/mol. The summed E-state index contributed by atoms with van der Waals surface area (Å²) in [6.07, 6.45) is -0.539. The molecule has 1 rings (SSSR count). The minimum atomic E-state index is -0.539. The van der Waals surface area contributed by atoms with Gasteiger partial charge in [0.1, 0.15) is 5.75 Å². The molecule has 0 aliphatic heterocycles. The average Bonchev–Trinajstić information content (AvgIpc) is 2.25. The molecule has 0 aliphatic rings. The van der Waals surface area contributed by atoms with Gasteiger partial charge in [0.25, 0.3) is 5.91 Å². The summed E-state index contributed by atoms with van der Waals surface area (Å²) in [7, 11) is 0. The smallest absolute Gasteiger partial charge is 0.258 e. The van der Waals surface area contributed by atoms with E-state index in [2.05, 4.69) is 5.32 Å². The highest BCUT2D eigenvalue weighted by atomic mass is 16.5. The van der Waals surface area contributed by atoms with E-state index in [0.29, 0.717) is 5.75 Å². The molecule has 0 heterocycles. The summed E-state index contributed by atoms with van der Waals surface area (Å²) in [5.41, 5.74) is 1.14. The molecule has 0 aliphatic carbocycles. The SMILES string of the molecule is Cc1ccc(OCC(=O)NC[C@H](C)O)cc1. The van der Waals surface area contributed by atoms with Crippen molar-refractivity contribution in [3.63, 3.8) is 0 Å². The molecule has 0 unspecified atom stereocenters. The molecule has 1 aromatic rings. The highest BCUT2D eigenvalue weighted by Crippen LogP contribution is 2.10. The van der Waals surface area contributed by atoms with E-state index < -0.39 is 6.10 Å². The van der Waals surface area contributed by atoms with Gasteiger partial charge < -0.3 is 15.2 Å². The summed E-state index contributed by atoms with van der Waals surface area (Å²) < 4.78 is 5.26. The maximum atomic E-state index is 11.2. The van der Waals surface area contributed by atoms with Crippen LogP contribution in [0.25, 0.3) is 0 Å². The zero-order valence-corrected chi connectivity index (χ0v) is 9.56. The van der Waals surface area contributed by atoms with Crippen LogP contribution in [-0.2, 0) is 4.79 Å². The predicted octanol–water partition coefficient (Wildman–Crippen LogP) is 0.871. The van der Waals surface area contributed by atoms with Gasteiger partial charge in [0.05, 0.1) is 6.10 Å². The van der Waals surface area contributed by atoms with Crippen molar-refractivity contribution in [2.45, 2.75) is 20.0 Å². The Morgan fingerprint density at radius 3 is 2.62 bits per heavy atom. The highest BCUT2D eigenvalue weighted by Gasteiger charge is 2.03. The van der Waals surface area contributed by atoms with Gasteiger partial charge in [-0.3, -0.25) is 4.79 Å². The Labute approximate surface area is 95.2 Å². The predicted molar refractivity (Wildman–Crippen MR) is 61.4 cm³/mol. The van der Waals surface area contributed by atoms with Crippen molar-refractivity contribution in [2.75, 3.05) is 13.2 Å². The van der Waals surface area contributed by atoms with E-state index in [1.807, 2.05) is 31.2 Å². The molecule has 1 atom stereocenters. The van der Waals surface area contributed by atoms with Crippen LogP contribution >= 0.6 is 0 Å². The van der Waals surface area contributed by atoms with Gasteiger partial charge in [-0.2, -0.15) is 0 Å². The Morgan fingerprint density at radius 1 is 1.44 bits per heavy atom. The molecule has 0 saturated heterocycles. The van der Waals surface area contributed by atoms with Crippen molar-refractivity contribution in [1.82, 2.24) is 5.32 Å². The second-order valence-corrected chi connectivity index (χ2v) is 3.75. The molecule has 0 saturated carbocycles. The number of hydrogen-bond acceptors (Lipinski definition) is 3. The Bertz CT molecular complexity index is 333. The number of aliphatic hydroxyl groups excluding tert-OH is 1. The number of carbonyl (C=O) groups is 1. The monoisotopic (exact) mass is 223 g/mol. The Balaban J connectivity index is 2.29. The van der Waals surface area contributed by atoms with E-state index in [1.54, 1.807) is 6.92 Å². The van der Waals surface area contributed by atoms with Crippen LogP contribution in [0.5, 0.6) is 5.75 Å². The summed E-state index contributed by atoms with van der Waals surface area (Å²) in [5, 5.41) is 11.5. The third-order valence-electron chi connectivity index (χ3n) is 1.99. The lowest BCUT2D eigenvalue weighted by atomic mass is 10.2. The van der Waals surface area contributed by atoms with Crippen LogP contribution in [0.1, 0.15) is 12.5 Å². The molecule has 0 spiro atoms. The number of nitrogens with one attached hydrogen (secondary N) is 1. The van der Waals surface area contributed by atoms with E-state index in [4.69, 9.17) is 9.84 Å². The van der Waals surface area contributed by atoms with E-state index >= 15 is 0 Å². The molecule has 4 heteroatoms. The van der Waals surface area contributed by atoms with Gasteiger partial charge in [0.2, 0.25) is 0 Å². The first-order valence-corrected chi connectivity index (χ1v) is 5.22. The Morgan fingerprint density at radius 2 is 2.06 bits per heavy atom. The lowest BCUT2D eigenvalue weighted by molar-refractivity contribution is -0.123. The number of ether oxygens (including phenoxy) is 1. The van der Waals surface area contributed by atoms with Crippen molar-refractivity contribution in [3.8, 4) is 5.75 Å². The van der Waals surface area contributed by atoms with Crippen LogP contribution in [0.3, 0.4) is 0 Å². The van der Waals surface area contributed by atoms with Gasteiger partial charge in [-0.25, -0.2) is 0 Å². The van der Waals surface area contributed by atoms with E-state index in [-0.39, 0.29) is 19.1 Å². The molecule has 0 bridgehead atoms. The molecule has 0 aromatic heterocycles. The van der Waals surface area contributed by atoms with Crippen LogP contribution in [0.15, 0.2) is 24.3 Å². The second kappa shape index (κ2) is 6.12. The molecular formula is C12H17NO3. The van der Waals surface area contributed by atoms with Gasteiger partial charge in [-0.1, -0.05) is 17.7 Å². The molecule has 1 amide bonds. The van der Waals surface area contributed by atoms with Crippen LogP contribution < -0.4 is 10.1 Å². The van der Waals surface area contributed by atoms with E-state index in [1.165, 1.54) is 0 Å². The molecule has 88 valence electrons. The number of rotatable bonds is 5. The van der Waals surface area contributed by atoms with Crippen LogP contribution in [0.4, 0.5) is 0 Å². The number of benzene rings is 1. The van der Waals surface area contributed by atoms with Gasteiger partial charge in [-0.15, -0.1) is 0 Å². The zero-order valence-electron chi connectivity index (χ0n) is 9.56. The van der Waals surface area contributed by atoms with Crippen molar-refractivity contribution >= 4 is 5.91 Å². The maximum Gasteiger partial charge on any atom is 0.258 e. The molecule has 4 nitrogen and oxygen atoms in total. The first-order chi connectivity index (χ1) is 7.58. The summed E-state index contributed by atoms with van der Waals surface area (Å²) in [6, 6.07) is 7.47. The highest BCUT2D eigenvalue weighted by molar-refractivity contribution is 5.77. The Kier molecular flexibility index (Phi) is 4.79. The summed E-state index contributed by atoms with van der Waals surface area (Å²) in [5.74, 6) is 0.430. The average molecular weight is 223 g/mol. The first-order valence-electron chi connectivity index (χ1n) is 5.22. The minimum absolute atomic E-state index is 0.0320. The van der Waals surface area contributed by atoms with Crippen molar-refractivity contribution in [2.24, 2.45) is 0 Å². The molecule has 2 N–H and O–H groups in total. The minimum Gasteiger partial charge on any atom is -0.484 e. The van der Waals surface area contributed by atoms with Crippen molar-refractivity contribution < 1.29 is 14.6 Å². The summed E-state index contributed by atoms with van der Waals surface area (Å²) >= 11 is 0. The third-order valence-corrected chi connectivity index (χ3v) is 1.99. The third kappa shape index (κ3) is 4.79. The first kappa shape index (κ1) is 12.5.